The number of hydrogen-bond donors (Lipinski definition) is 0. The van der Waals surface area contributed by atoms with E-state index in [-0.39, 0.29) is 36.2 Å². The van der Waals surface area contributed by atoms with Crippen molar-refractivity contribution in [3.8, 4) is 0 Å². The Bertz CT molecular complexity index is 77.7. The molecule has 5 heteroatoms. The Balaban J connectivity index is -0.000000125. The number of carbonyl (C=O) groups is 1. The molecule has 0 aromatic heterocycles. The Labute approximate surface area is 75.5 Å². The molecular weight excluding hydrogens is 137 g/mol. The maximum atomic E-state index is 9.52. The van der Waals surface area contributed by atoms with Crippen LogP contribution in [0.5, 0.6) is 0 Å². The van der Waals surface area contributed by atoms with E-state index < -0.39 is 5.43 Å². The van der Waals surface area contributed by atoms with Crippen LogP contribution in [-0.4, -0.2) is 41.7 Å². The molecule has 0 saturated carbocycles. The van der Waals surface area contributed by atoms with Gasteiger partial charge in [0.05, 0.1) is 6.26 Å². The molecule has 0 heterocycles. The third-order valence-corrected chi connectivity index (χ3v) is 0.265. The van der Waals surface area contributed by atoms with Crippen molar-refractivity contribution in [2.45, 2.75) is 0 Å². The molecule has 8 heavy (non-hydrogen) atoms. The number of carbonyl (C=O) groups excluding carboxylic acids is 1. The molecule has 0 aliphatic rings. The average molecular weight is 144 g/mol. The molecule has 0 bridgehead atoms. The first kappa shape index (κ1) is 15.9. The van der Waals surface area contributed by atoms with Crippen molar-refractivity contribution in [1.29, 1.82) is 0 Å². The third-order valence-electron chi connectivity index (χ3n) is 0.176. The predicted molar refractivity (Wildman–Crippen MR) is 39.6 cm³/mol. The van der Waals surface area contributed by atoms with Gasteiger partial charge in [-0.05, 0) is 0 Å². The fourth-order valence-electron chi connectivity index (χ4n) is 0.0655. The van der Waals surface area contributed by atoms with E-state index in [0.717, 1.165) is 6.26 Å². The Morgan fingerprint density at radius 2 is 2.12 bits per heavy atom. The molecule has 0 fully saturated rings. The Kier molecular flexibility index (Phi) is 21.0. The summed E-state index contributed by atoms with van der Waals surface area (Å²) < 4.78 is 3.93. The van der Waals surface area contributed by atoms with Crippen molar-refractivity contribution in [2.24, 2.45) is 0 Å². The fraction of sp³-hybridized carbons (Fsp3) is 0. The van der Waals surface area contributed by atoms with Crippen molar-refractivity contribution in [1.82, 2.24) is 0 Å². The summed E-state index contributed by atoms with van der Waals surface area (Å²) in [5.74, 6) is 0. The van der Waals surface area contributed by atoms with Crippen LogP contribution in [0.15, 0.2) is 12.8 Å². The number of halogens is 1. The number of ether oxygens (including phenoxy) is 1. The van der Waals surface area contributed by atoms with E-state index in [2.05, 4.69) is 22.9 Å². The normalized spacial score (nSPS) is 5.12. The summed E-state index contributed by atoms with van der Waals surface area (Å²) in [6.45, 7) is 3.07. The van der Waals surface area contributed by atoms with Gasteiger partial charge in [0.25, 0.3) is 0 Å². The molecule has 0 aromatic carbocycles. The SMILES string of the molecule is C=COC(=O)Cl.[AlH3].[LiH]. The zero-order valence-electron chi connectivity index (χ0n) is 2.98. The minimum absolute atomic E-state index is 0. The summed E-state index contributed by atoms with van der Waals surface area (Å²) in [7, 11) is 0. The van der Waals surface area contributed by atoms with E-state index in [4.69, 9.17) is 0 Å². The van der Waals surface area contributed by atoms with Gasteiger partial charge in [0, 0.05) is 11.6 Å². The van der Waals surface area contributed by atoms with Gasteiger partial charge in [-0.2, -0.15) is 0 Å². The molecule has 0 aliphatic heterocycles. The first-order valence-corrected chi connectivity index (χ1v) is 1.62. The summed E-state index contributed by atoms with van der Waals surface area (Å²) in [5, 5.41) is 0. The summed E-state index contributed by atoms with van der Waals surface area (Å²) in [6.07, 6.45) is 0.968. The van der Waals surface area contributed by atoms with Crippen molar-refractivity contribution in [2.75, 3.05) is 0 Å². The standard InChI is InChI=1S/C3H3ClO2.Al.Li.4H/c1-2-6-3(4)5;;;;;;/h2H,1H2;;;;;;. The van der Waals surface area contributed by atoms with Gasteiger partial charge in [-0.15, -0.1) is 0 Å². The molecule has 0 N–H and O–H groups in total. The molecule has 0 unspecified atom stereocenters. The molecular formula is C3H7AlClLiO2. The van der Waals surface area contributed by atoms with Crippen molar-refractivity contribution in [3.63, 3.8) is 0 Å². The van der Waals surface area contributed by atoms with E-state index in [1.807, 2.05) is 0 Å². The van der Waals surface area contributed by atoms with Gasteiger partial charge in [-0.25, -0.2) is 4.79 Å². The van der Waals surface area contributed by atoms with Gasteiger partial charge in [0.1, 0.15) is 0 Å². The van der Waals surface area contributed by atoms with Crippen molar-refractivity contribution < 1.29 is 9.53 Å². The monoisotopic (exact) mass is 144 g/mol. The second kappa shape index (κ2) is 10.6. The summed E-state index contributed by atoms with van der Waals surface area (Å²) in [6, 6.07) is 0. The molecule has 0 aromatic rings. The van der Waals surface area contributed by atoms with Crippen LogP contribution in [-0.2, 0) is 4.74 Å². The molecule has 2 nitrogen and oxygen atoms in total. The van der Waals surface area contributed by atoms with Gasteiger partial charge < -0.3 is 4.74 Å². The van der Waals surface area contributed by atoms with Gasteiger partial charge in [0.2, 0.25) is 0 Å². The Hall–Kier alpha value is 0.630. The fourth-order valence-corrected chi connectivity index (χ4v) is 0.129. The van der Waals surface area contributed by atoms with Gasteiger partial charge >= 0.3 is 24.3 Å². The molecule has 0 spiro atoms. The molecule has 0 amide bonds. The Morgan fingerprint density at radius 1 is 1.75 bits per heavy atom. The molecule has 0 radical (unpaired) electrons. The van der Waals surface area contributed by atoms with Crippen molar-refractivity contribution in [3.05, 3.63) is 12.8 Å². The van der Waals surface area contributed by atoms with Gasteiger partial charge in [-0.3, -0.25) is 0 Å². The van der Waals surface area contributed by atoms with Gasteiger partial charge in [0.15, 0.2) is 17.4 Å². The predicted octanol–water partition coefficient (Wildman–Crippen LogP) is -0.327. The first-order valence-electron chi connectivity index (χ1n) is 1.24. The van der Waals surface area contributed by atoms with Crippen molar-refractivity contribution >= 4 is 53.3 Å². The number of rotatable bonds is 1. The van der Waals surface area contributed by atoms with Crippen LogP contribution >= 0.6 is 11.6 Å². The summed E-state index contributed by atoms with van der Waals surface area (Å²) >= 11 is 4.65. The van der Waals surface area contributed by atoms with Crippen LogP contribution in [0, 0.1) is 0 Å². The topological polar surface area (TPSA) is 26.3 Å². The van der Waals surface area contributed by atoms with E-state index in [1.165, 1.54) is 0 Å². The Morgan fingerprint density at radius 3 is 2.12 bits per heavy atom. The molecule has 42 valence electrons. The second-order valence-electron chi connectivity index (χ2n) is 0.522. The van der Waals surface area contributed by atoms with E-state index in [1.54, 1.807) is 0 Å². The molecule has 0 atom stereocenters. The quantitative estimate of drug-likeness (QED) is 0.286. The molecule has 0 rings (SSSR count). The summed E-state index contributed by atoms with van der Waals surface area (Å²) in [4.78, 5) is 9.52. The molecule has 0 saturated heterocycles. The van der Waals surface area contributed by atoms with E-state index >= 15 is 0 Å². The van der Waals surface area contributed by atoms with E-state index in [9.17, 15) is 4.79 Å². The van der Waals surface area contributed by atoms with Crippen LogP contribution < -0.4 is 0 Å². The number of hydrogen-bond acceptors (Lipinski definition) is 2. The van der Waals surface area contributed by atoms with Crippen LogP contribution in [0.3, 0.4) is 0 Å². The van der Waals surface area contributed by atoms with Crippen LogP contribution in [0.25, 0.3) is 0 Å². The minimum atomic E-state index is -0.856. The second-order valence-corrected chi connectivity index (χ2v) is 0.831. The zero-order valence-corrected chi connectivity index (χ0v) is 3.73. The molecule has 0 aliphatic carbocycles. The third kappa shape index (κ3) is 15.9. The van der Waals surface area contributed by atoms with E-state index in [0.29, 0.717) is 0 Å². The van der Waals surface area contributed by atoms with Crippen LogP contribution in [0.4, 0.5) is 4.79 Å². The van der Waals surface area contributed by atoms with Gasteiger partial charge in [-0.1, -0.05) is 6.58 Å². The van der Waals surface area contributed by atoms with Crippen LogP contribution in [0.2, 0.25) is 0 Å². The maximum absolute atomic E-state index is 9.52. The average Bonchev–Trinajstić information content (AvgIpc) is 1.35. The summed E-state index contributed by atoms with van der Waals surface area (Å²) in [5.41, 5.74) is -0.856. The first-order chi connectivity index (χ1) is 2.77. The van der Waals surface area contributed by atoms with Crippen LogP contribution in [0.1, 0.15) is 0 Å². The zero-order chi connectivity index (χ0) is 4.99.